The molecule has 0 aliphatic carbocycles. The van der Waals surface area contributed by atoms with Gasteiger partial charge in [-0.25, -0.2) is 8.42 Å². The molecule has 2 heterocycles. The maximum Gasteiger partial charge on any atom is 0.213 e. The zero-order valence-corrected chi connectivity index (χ0v) is 7.95. The zero-order chi connectivity index (χ0) is 8.93. The topological polar surface area (TPSA) is 40.4 Å². The Morgan fingerprint density at radius 1 is 1.50 bits per heavy atom. The highest BCUT2D eigenvalue weighted by molar-refractivity contribution is 7.88. The summed E-state index contributed by atoms with van der Waals surface area (Å²) in [7, 11) is -1.09. The SMILES string of the molecule is CN1C=CC[C@@H]2[C@H]1N2S(C)(=O)=O. The van der Waals surface area contributed by atoms with Crippen LogP contribution in [-0.2, 0) is 10.0 Å². The van der Waals surface area contributed by atoms with Crippen molar-refractivity contribution < 1.29 is 8.42 Å². The van der Waals surface area contributed by atoms with Gasteiger partial charge in [0, 0.05) is 7.05 Å². The lowest BCUT2D eigenvalue weighted by atomic mass is 10.2. The van der Waals surface area contributed by atoms with Gasteiger partial charge in [0.2, 0.25) is 10.0 Å². The van der Waals surface area contributed by atoms with Crippen LogP contribution >= 0.6 is 0 Å². The van der Waals surface area contributed by atoms with Crippen LogP contribution in [0.25, 0.3) is 0 Å². The number of nitrogens with zero attached hydrogens (tertiary/aromatic N) is 2. The van der Waals surface area contributed by atoms with Gasteiger partial charge in [-0.2, -0.15) is 4.31 Å². The standard InChI is InChI=1S/C7H12N2O2S/c1-8-5-3-4-6-7(8)9(6)12(2,10)11/h3,5-7H,4H2,1-2H3/t6-,7-,9?/m1/s1. The van der Waals surface area contributed by atoms with Gasteiger partial charge in [0.05, 0.1) is 12.3 Å². The second-order valence-corrected chi connectivity index (χ2v) is 5.25. The molecule has 68 valence electrons. The third-order valence-corrected chi connectivity index (χ3v) is 3.61. The molecular weight excluding hydrogens is 176 g/mol. The molecule has 0 spiro atoms. The second-order valence-electron chi connectivity index (χ2n) is 3.36. The molecule has 1 unspecified atom stereocenters. The zero-order valence-electron chi connectivity index (χ0n) is 7.14. The van der Waals surface area contributed by atoms with E-state index in [1.54, 1.807) is 4.31 Å². The van der Waals surface area contributed by atoms with E-state index in [9.17, 15) is 8.42 Å². The van der Waals surface area contributed by atoms with Crippen molar-refractivity contribution in [2.24, 2.45) is 0 Å². The summed E-state index contributed by atoms with van der Waals surface area (Å²) in [5, 5.41) is 0. The minimum Gasteiger partial charge on any atom is -0.363 e. The number of sulfonamides is 1. The molecule has 3 atom stereocenters. The first-order valence-electron chi connectivity index (χ1n) is 3.89. The molecule has 1 fully saturated rings. The average Bonchev–Trinajstić information content (AvgIpc) is 2.60. The van der Waals surface area contributed by atoms with E-state index in [1.165, 1.54) is 6.26 Å². The molecule has 0 bridgehead atoms. The van der Waals surface area contributed by atoms with E-state index in [0.29, 0.717) is 0 Å². The van der Waals surface area contributed by atoms with Gasteiger partial charge in [-0.1, -0.05) is 6.08 Å². The molecule has 0 saturated carbocycles. The van der Waals surface area contributed by atoms with Crippen LogP contribution in [0.2, 0.25) is 0 Å². The summed E-state index contributed by atoms with van der Waals surface area (Å²) < 4.78 is 23.9. The van der Waals surface area contributed by atoms with E-state index in [0.717, 1.165) is 6.42 Å². The molecule has 2 aliphatic heterocycles. The van der Waals surface area contributed by atoms with Crippen LogP contribution in [0.3, 0.4) is 0 Å². The minimum absolute atomic E-state index is 0.0880. The Hall–Kier alpha value is -0.550. The average molecular weight is 188 g/mol. The van der Waals surface area contributed by atoms with E-state index in [1.807, 2.05) is 24.2 Å². The van der Waals surface area contributed by atoms with Gasteiger partial charge in [-0.15, -0.1) is 0 Å². The maximum atomic E-state index is 11.2. The number of hydrogen-bond donors (Lipinski definition) is 0. The van der Waals surface area contributed by atoms with Crippen molar-refractivity contribution in [3.63, 3.8) is 0 Å². The second kappa shape index (κ2) is 2.23. The van der Waals surface area contributed by atoms with Gasteiger partial charge in [-0.3, -0.25) is 0 Å². The molecule has 2 aliphatic rings. The molecule has 0 radical (unpaired) electrons. The van der Waals surface area contributed by atoms with Gasteiger partial charge in [0.25, 0.3) is 0 Å². The van der Waals surface area contributed by atoms with E-state index in [2.05, 4.69) is 0 Å². The first-order chi connectivity index (χ1) is 5.52. The minimum atomic E-state index is -2.99. The van der Waals surface area contributed by atoms with Gasteiger partial charge in [-0.05, 0) is 12.6 Å². The Labute approximate surface area is 72.5 Å². The fourth-order valence-corrected chi connectivity index (χ4v) is 3.13. The lowest BCUT2D eigenvalue weighted by Crippen LogP contribution is -2.23. The third kappa shape index (κ3) is 1.04. The summed E-state index contributed by atoms with van der Waals surface area (Å²) in [6.07, 6.45) is 6.14. The Bertz CT molecular complexity index is 322. The van der Waals surface area contributed by atoms with E-state index >= 15 is 0 Å². The summed E-state index contributed by atoms with van der Waals surface area (Å²) in [6.45, 7) is 0. The highest BCUT2D eigenvalue weighted by atomic mass is 32.2. The fourth-order valence-electron chi connectivity index (χ4n) is 1.82. The van der Waals surface area contributed by atoms with Gasteiger partial charge < -0.3 is 4.90 Å². The van der Waals surface area contributed by atoms with Crippen LogP contribution in [0.5, 0.6) is 0 Å². The normalized spacial score (nSPS) is 39.5. The Morgan fingerprint density at radius 2 is 2.17 bits per heavy atom. The van der Waals surface area contributed by atoms with Crippen molar-refractivity contribution in [1.29, 1.82) is 0 Å². The molecule has 5 heteroatoms. The van der Waals surface area contributed by atoms with Crippen LogP contribution in [0.15, 0.2) is 12.3 Å². The third-order valence-electron chi connectivity index (χ3n) is 2.36. The molecule has 0 N–H and O–H groups in total. The van der Waals surface area contributed by atoms with Crippen LogP contribution < -0.4 is 0 Å². The maximum absolute atomic E-state index is 11.2. The van der Waals surface area contributed by atoms with E-state index < -0.39 is 10.0 Å². The molecule has 1 saturated heterocycles. The number of likely N-dealkylation sites (N-methyl/N-ethyl adjacent to an activating group) is 1. The fraction of sp³-hybridized carbons (Fsp3) is 0.714. The highest BCUT2D eigenvalue weighted by Crippen LogP contribution is 2.38. The van der Waals surface area contributed by atoms with E-state index in [-0.39, 0.29) is 12.2 Å². The lowest BCUT2D eigenvalue weighted by Gasteiger charge is -2.14. The summed E-state index contributed by atoms with van der Waals surface area (Å²) in [5.41, 5.74) is 0. The smallest absolute Gasteiger partial charge is 0.213 e. The van der Waals surface area contributed by atoms with E-state index in [4.69, 9.17) is 0 Å². The Kier molecular flexibility index (Phi) is 1.50. The van der Waals surface area contributed by atoms with Crippen molar-refractivity contribution in [1.82, 2.24) is 9.21 Å². The van der Waals surface area contributed by atoms with Gasteiger partial charge in [0.15, 0.2) is 0 Å². The van der Waals surface area contributed by atoms with Crippen molar-refractivity contribution in [2.45, 2.75) is 18.6 Å². The van der Waals surface area contributed by atoms with Crippen LogP contribution in [0, 0.1) is 0 Å². The van der Waals surface area contributed by atoms with Gasteiger partial charge >= 0.3 is 0 Å². The molecule has 2 rings (SSSR count). The first kappa shape index (κ1) is 8.07. The molecule has 0 amide bonds. The van der Waals surface area contributed by atoms with Crippen LogP contribution in [0.4, 0.5) is 0 Å². The summed E-state index contributed by atoms with van der Waals surface area (Å²) in [5.74, 6) is 0. The van der Waals surface area contributed by atoms with Crippen molar-refractivity contribution >= 4 is 10.0 Å². The lowest BCUT2D eigenvalue weighted by molar-refractivity contribution is 0.389. The Morgan fingerprint density at radius 3 is 2.67 bits per heavy atom. The molecule has 0 aromatic carbocycles. The van der Waals surface area contributed by atoms with Crippen LogP contribution in [-0.4, -0.2) is 43.1 Å². The van der Waals surface area contributed by atoms with Gasteiger partial charge in [0.1, 0.15) is 6.17 Å². The van der Waals surface area contributed by atoms with Crippen molar-refractivity contribution in [3.05, 3.63) is 12.3 Å². The number of rotatable bonds is 1. The monoisotopic (exact) mass is 188 g/mol. The molecule has 0 aromatic heterocycles. The summed E-state index contributed by atoms with van der Waals surface area (Å²) >= 11 is 0. The highest BCUT2D eigenvalue weighted by Gasteiger charge is 2.55. The summed E-state index contributed by atoms with van der Waals surface area (Å²) in [6, 6.07) is 0.190. The Balaban J connectivity index is 2.21. The van der Waals surface area contributed by atoms with Crippen molar-refractivity contribution in [3.8, 4) is 0 Å². The largest absolute Gasteiger partial charge is 0.363 e. The van der Waals surface area contributed by atoms with Crippen molar-refractivity contribution in [2.75, 3.05) is 13.3 Å². The summed E-state index contributed by atoms with van der Waals surface area (Å²) in [4.78, 5) is 1.94. The predicted molar refractivity (Wildman–Crippen MR) is 45.8 cm³/mol. The number of hydrogen-bond acceptors (Lipinski definition) is 3. The molecule has 12 heavy (non-hydrogen) atoms. The molecular formula is C7H12N2O2S. The molecule has 4 nitrogen and oxygen atoms in total. The van der Waals surface area contributed by atoms with Crippen LogP contribution in [0.1, 0.15) is 6.42 Å². The quantitative estimate of drug-likeness (QED) is 0.535. The predicted octanol–water partition coefficient (Wildman–Crippen LogP) is -0.194. The molecule has 0 aromatic rings. The first-order valence-corrected chi connectivity index (χ1v) is 5.74. The number of fused-ring (bicyclic) bond motifs is 1.